The second-order valence-corrected chi connectivity index (χ2v) is 6.34. The van der Waals surface area contributed by atoms with E-state index in [0.717, 1.165) is 17.9 Å². The molecule has 0 saturated carbocycles. The lowest BCUT2D eigenvalue weighted by atomic mass is 9.91. The molecule has 2 bridgehead atoms. The van der Waals surface area contributed by atoms with Crippen molar-refractivity contribution in [3.8, 4) is 0 Å². The lowest BCUT2D eigenvalue weighted by Crippen LogP contribution is -2.47. The largest absolute Gasteiger partial charge is 0.317 e. The summed E-state index contributed by atoms with van der Waals surface area (Å²) in [6.07, 6.45) is 5.62. The van der Waals surface area contributed by atoms with Crippen LogP contribution in [0, 0.1) is 11.8 Å². The summed E-state index contributed by atoms with van der Waals surface area (Å²) in [7, 11) is 2.38. The summed E-state index contributed by atoms with van der Waals surface area (Å²) in [5.74, 6) is 1.91. The summed E-state index contributed by atoms with van der Waals surface area (Å²) in [5, 5.41) is 3.47. The lowest BCUT2D eigenvalue weighted by Gasteiger charge is -2.39. The molecule has 0 amide bonds. The minimum absolute atomic E-state index is 0.878. The number of hydrogen-bond acceptors (Lipinski definition) is 3. The van der Waals surface area contributed by atoms with Crippen LogP contribution in [-0.2, 0) is 0 Å². The van der Waals surface area contributed by atoms with Gasteiger partial charge in [-0.25, -0.2) is 0 Å². The van der Waals surface area contributed by atoms with Gasteiger partial charge in [-0.3, -0.25) is 0 Å². The SMILES string of the molecule is CN(CC1CCNCC1)C1CCN2CCC1C2. The number of fused-ring (bicyclic) bond motifs is 2. The van der Waals surface area contributed by atoms with Crippen LogP contribution < -0.4 is 5.32 Å². The molecule has 3 rings (SSSR count). The molecule has 0 radical (unpaired) electrons. The van der Waals surface area contributed by atoms with Crippen LogP contribution >= 0.6 is 0 Å². The van der Waals surface area contributed by atoms with E-state index in [9.17, 15) is 0 Å². The van der Waals surface area contributed by atoms with Gasteiger partial charge in [0.15, 0.2) is 0 Å². The molecule has 0 aromatic heterocycles. The molecule has 3 saturated heterocycles. The van der Waals surface area contributed by atoms with Gasteiger partial charge in [0.25, 0.3) is 0 Å². The summed E-state index contributed by atoms with van der Waals surface area (Å²) in [6, 6.07) is 0.878. The van der Waals surface area contributed by atoms with Crippen LogP contribution in [0.2, 0.25) is 0 Å². The van der Waals surface area contributed by atoms with Crippen LogP contribution in [0.3, 0.4) is 0 Å². The van der Waals surface area contributed by atoms with Crippen LogP contribution in [0.4, 0.5) is 0 Å². The molecule has 0 aromatic rings. The Balaban J connectivity index is 1.52. The summed E-state index contributed by atoms with van der Waals surface area (Å²) >= 11 is 0. The molecule has 3 unspecified atom stereocenters. The standard InChI is InChI=1S/C14H27N3/c1-16(10-12-2-6-15-7-3-12)14-5-9-17-8-4-13(14)11-17/h12-15H,2-11H2,1H3. The summed E-state index contributed by atoms with van der Waals surface area (Å²) < 4.78 is 0. The van der Waals surface area contributed by atoms with Crippen molar-refractivity contribution >= 4 is 0 Å². The Morgan fingerprint density at radius 1 is 1.12 bits per heavy atom. The minimum Gasteiger partial charge on any atom is -0.317 e. The molecule has 3 heteroatoms. The van der Waals surface area contributed by atoms with E-state index in [-0.39, 0.29) is 0 Å². The second kappa shape index (κ2) is 5.25. The Morgan fingerprint density at radius 3 is 2.71 bits per heavy atom. The van der Waals surface area contributed by atoms with E-state index in [1.165, 1.54) is 65.0 Å². The predicted octanol–water partition coefficient (Wildman–Crippen LogP) is 1.01. The average molecular weight is 237 g/mol. The molecule has 0 spiro atoms. The van der Waals surface area contributed by atoms with Crippen LogP contribution in [-0.4, -0.2) is 62.2 Å². The van der Waals surface area contributed by atoms with Gasteiger partial charge in [-0.1, -0.05) is 0 Å². The van der Waals surface area contributed by atoms with Crippen LogP contribution in [0.25, 0.3) is 0 Å². The monoisotopic (exact) mass is 237 g/mol. The van der Waals surface area contributed by atoms with Gasteiger partial charge in [0.2, 0.25) is 0 Å². The molecule has 3 nitrogen and oxygen atoms in total. The molecular formula is C14H27N3. The van der Waals surface area contributed by atoms with Gasteiger partial charge in [0.05, 0.1) is 0 Å². The van der Waals surface area contributed by atoms with Crippen LogP contribution in [0.1, 0.15) is 25.7 Å². The maximum atomic E-state index is 3.47. The third kappa shape index (κ3) is 2.67. The molecular weight excluding hydrogens is 210 g/mol. The van der Waals surface area contributed by atoms with E-state index in [1.807, 2.05) is 0 Å². The molecule has 3 fully saturated rings. The van der Waals surface area contributed by atoms with Crippen molar-refractivity contribution in [2.75, 3.05) is 46.3 Å². The van der Waals surface area contributed by atoms with E-state index in [2.05, 4.69) is 22.2 Å². The van der Waals surface area contributed by atoms with Gasteiger partial charge in [0, 0.05) is 19.1 Å². The summed E-state index contributed by atoms with van der Waals surface area (Å²) in [6.45, 7) is 7.89. The topological polar surface area (TPSA) is 18.5 Å². The first-order chi connectivity index (χ1) is 8.33. The van der Waals surface area contributed by atoms with Crippen molar-refractivity contribution in [3.63, 3.8) is 0 Å². The second-order valence-electron chi connectivity index (χ2n) is 6.34. The number of hydrogen-bond donors (Lipinski definition) is 1. The molecule has 3 heterocycles. The zero-order valence-electron chi connectivity index (χ0n) is 11.2. The van der Waals surface area contributed by atoms with Gasteiger partial charge in [-0.2, -0.15) is 0 Å². The maximum absolute atomic E-state index is 3.47. The van der Waals surface area contributed by atoms with Gasteiger partial charge in [-0.15, -0.1) is 0 Å². The van der Waals surface area contributed by atoms with Crippen LogP contribution in [0.5, 0.6) is 0 Å². The van der Waals surface area contributed by atoms with E-state index >= 15 is 0 Å². The molecule has 0 aliphatic carbocycles. The lowest BCUT2D eigenvalue weighted by molar-refractivity contribution is 0.102. The number of nitrogens with zero attached hydrogens (tertiary/aromatic N) is 2. The van der Waals surface area contributed by atoms with Crippen molar-refractivity contribution in [1.29, 1.82) is 0 Å². The molecule has 98 valence electrons. The van der Waals surface area contributed by atoms with Crippen molar-refractivity contribution in [2.45, 2.75) is 31.7 Å². The quantitative estimate of drug-likeness (QED) is 0.790. The molecule has 3 atom stereocenters. The molecule has 3 aliphatic rings. The molecule has 3 aliphatic heterocycles. The highest BCUT2D eigenvalue weighted by Crippen LogP contribution is 2.30. The number of nitrogens with one attached hydrogen (secondary N) is 1. The number of piperidine rings is 2. The van der Waals surface area contributed by atoms with Gasteiger partial charge in [-0.05, 0) is 70.7 Å². The Kier molecular flexibility index (Phi) is 3.69. The van der Waals surface area contributed by atoms with Crippen molar-refractivity contribution < 1.29 is 0 Å². The number of rotatable bonds is 3. The van der Waals surface area contributed by atoms with E-state index in [1.54, 1.807) is 0 Å². The van der Waals surface area contributed by atoms with Gasteiger partial charge >= 0.3 is 0 Å². The first kappa shape index (κ1) is 11.9. The maximum Gasteiger partial charge on any atom is 0.0145 e. The Morgan fingerprint density at radius 2 is 1.88 bits per heavy atom. The first-order valence-electron chi connectivity index (χ1n) is 7.46. The zero-order chi connectivity index (χ0) is 11.7. The fraction of sp³-hybridized carbons (Fsp3) is 1.00. The molecule has 17 heavy (non-hydrogen) atoms. The molecule has 1 N–H and O–H groups in total. The first-order valence-corrected chi connectivity index (χ1v) is 7.46. The smallest absolute Gasteiger partial charge is 0.0145 e. The Hall–Kier alpha value is -0.120. The average Bonchev–Trinajstić information content (AvgIpc) is 2.72. The third-order valence-electron chi connectivity index (χ3n) is 5.17. The summed E-state index contributed by atoms with van der Waals surface area (Å²) in [5.41, 5.74) is 0. The Labute approximate surface area is 106 Å². The predicted molar refractivity (Wildman–Crippen MR) is 71.2 cm³/mol. The minimum atomic E-state index is 0.878. The van der Waals surface area contributed by atoms with E-state index in [4.69, 9.17) is 0 Å². The van der Waals surface area contributed by atoms with Crippen LogP contribution in [0.15, 0.2) is 0 Å². The van der Waals surface area contributed by atoms with Crippen molar-refractivity contribution in [1.82, 2.24) is 15.1 Å². The van der Waals surface area contributed by atoms with Gasteiger partial charge < -0.3 is 15.1 Å². The zero-order valence-corrected chi connectivity index (χ0v) is 11.2. The molecule has 0 aromatic carbocycles. The highest BCUT2D eigenvalue weighted by atomic mass is 15.2. The van der Waals surface area contributed by atoms with Gasteiger partial charge in [0.1, 0.15) is 0 Å². The highest BCUT2D eigenvalue weighted by molar-refractivity contribution is 4.91. The van der Waals surface area contributed by atoms with Crippen molar-refractivity contribution in [2.24, 2.45) is 11.8 Å². The Bertz CT molecular complexity index is 250. The third-order valence-corrected chi connectivity index (χ3v) is 5.17. The van der Waals surface area contributed by atoms with Crippen molar-refractivity contribution in [3.05, 3.63) is 0 Å². The normalized spacial score (nSPS) is 38.8. The fourth-order valence-corrected chi connectivity index (χ4v) is 4.12. The van der Waals surface area contributed by atoms with E-state index < -0.39 is 0 Å². The highest BCUT2D eigenvalue weighted by Gasteiger charge is 2.36. The summed E-state index contributed by atoms with van der Waals surface area (Å²) in [4.78, 5) is 5.35. The van der Waals surface area contributed by atoms with E-state index in [0.29, 0.717) is 0 Å². The fourth-order valence-electron chi connectivity index (χ4n) is 4.12.